The minimum atomic E-state index is -0.845. The van der Waals surface area contributed by atoms with Crippen molar-refractivity contribution in [3.8, 4) is 5.75 Å². The summed E-state index contributed by atoms with van der Waals surface area (Å²) >= 11 is 0. The first kappa shape index (κ1) is 13.6. The average Bonchev–Trinajstić information content (AvgIpc) is 2.75. The van der Waals surface area contributed by atoms with Gasteiger partial charge in [-0.25, -0.2) is 9.18 Å². The number of benzene rings is 1. The molecule has 0 aliphatic carbocycles. The summed E-state index contributed by atoms with van der Waals surface area (Å²) in [5.41, 5.74) is 0.242. The molecular weight excluding hydrogens is 251 g/mol. The van der Waals surface area contributed by atoms with Crippen molar-refractivity contribution in [2.75, 3.05) is 26.2 Å². The average molecular weight is 268 g/mol. The van der Waals surface area contributed by atoms with Crippen LogP contribution in [0.3, 0.4) is 0 Å². The molecule has 104 valence electrons. The lowest BCUT2D eigenvalue weighted by Gasteiger charge is -2.15. The Labute approximate surface area is 111 Å². The monoisotopic (exact) mass is 268 g/mol. The molecule has 0 bridgehead atoms. The summed E-state index contributed by atoms with van der Waals surface area (Å²) in [6.07, 6.45) is -0.845. The molecule has 6 heteroatoms. The molecule has 0 radical (unpaired) electrons. The number of nitrogens with one attached hydrogen (secondary N) is 1. The number of carbonyl (C=O) groups is 1. The normalized spacial score (nSPS) is 16.4. The van der Waals surface area contributed by atoms with E-state index in [1.165, 1.54) is 19.1 Å². The maximum Gasteiger partial charge on any atom is 0.317 e. The van der Waals surface area contributed by atoms with Crippen LogP contribution in [0.1, 0.15) is 18.6 Å². The maximum absolute atomic E-state index is 13.6. The number of carbonyl (C=O) groups excluding carboxylic acids is 1. The lowest BCUT2D eigenvalue weighted by Crippen LogP contribution is -2.31. The van der Waals surface area contributed by atoms with Crippen LogP contribution in [-0.4, -0.2) is 42.3 Å². The fourth-order valence-corrected chi connectivity index (χ4v) is 1.93. The number of urea groups is 1. The molecule has 1 atom stereocenters. The Hall–Kier alpha value is -1.82. The Kier molecular flexibility index (Phi) is 4.21. The van der Waals surface area contributed by atoms with Crippen LogP contribution in [0.5, 0.6) is 5.75 Å². The van der Waals surface area contributed by atoms with E-state index >= 15 is 0 Å². The van der Waals surface area contributed by atoms with E-state index in [1.807, 2.05) is 0 Å². The third kappa shape index (κ3) is 3.35. The van der Waals surface area contributed by atoms with Crippen LogP contribution in [-0.2, 0) is 0 Å². The highest BCUT2D eigenvalue weighted by Gasteiger charge is 2.18. The fourth-order valence-electron chi connectivity index (χ4n) is 1.93. The summed E-state index contributed by atoms with van der Waals surface area (Å²) in [7, 11) is 0. The molecule has 1 aliphatic rings. The van der Waals surface area contributed by atoms with E-state index in [2.05, 4.69) is 5.32 Å². The third-order valence-corrected chi connectivity index (χ3v) is 3.00. The van der Waals surface area contributed by atoms with Crippen LogP contribution >= 0.6 is 0 Å². The van der Waals surface area contributed by atoms with Gasteiger partial charge in [-0.05, 0) is 19.1 Å². The first-order valence-electron chi connectivity index (χ1n) is 6.21. The van der Waals surface area contributed by atoms with Gasteiger partial charge in [0.2, 0.25) is 0 Å². The second-order valence-corrected chi connectivity index (χ2v) is 4.43. The largest absolute Gasteiger partial charge is 0.492 e. The molecule has 1 aliphatic heterocycles. The van der Waals surface area contributed by atoms with Crippen LogP contribution in [0.15, 0.2) is 18.2 Å². The Balaban J connectivity index is 1.86. The Morgan fingerprint density at radius 3 is 2.95 bits per heavy atom. The SMILES string of the molecule is C[C@@H](O)c1ccc(OCCN2CCNC2=O)cc1F. The fraction of sp³-hybridized carbons (Fsp3) is 0.462. The van der Waals surface area contributed by atoms with Gasteiger partial charge in [-0.3, -0.25) is 0 Å². The van der Waals surface area contributed by atoms with E-state index < -0.39 is 11.9 Å². The van der Waals surface area contributed by atoms with Crippen LogP contribution in [0.25, 0.3) is 0 Å². The second kappa shape index (κ2) is 5.88. The molecule has 1 heterocycles. The number of halogens is 1. The molecule has 1 saturated heterocycles. The number of rotatable bonds is 5. The molecule has 2 amide bonds. The molecule has 0 aromatic heterocycles. The zero-order valence-corrected chi connectivity index (χ0v) is 10.7. The second-order valence-electron chi connectivity index (χ2n) is 4.43. The summed E-state index contributed by atoms with van der Waals surface area (Å²) in [5.74, 6) is -0.104. The predicted octanol–water partition coefficient (Wildman–Crippen LogP) is 1.28. The Morgan fingerprint density at radius 2 is 2.37 bits per heavy atom. The van der Waals surface area contributed by atoms with E-state index in [-0.39, 0.29) is 11.6 Å². The van der Waals surface area contributed by atoms with E-state index in [1.54, 1.807) is 11.0 Å². The van der Waals surface area contributed by atoms with Gasteiger partial charge in [0.15, 0.2) is 0 Å². The highest BCUT2D eigenvalue weighted by atomic mass is 19.1. The van der Waals surface area contributed by atoms with E-state index in [0.717, 1.165) is 0 Å². The van der Waals surface area contributed by atoms with Crippen molar-refractivity contribution in [3.63, 3.8) is 0 Å². The van der Waals surface area contributed by atoms with Crippen molar-refractivity contribution in [1.29, 1.82) is 0 Å². The molecule has 0 unspecified atom stereocenters. The zero-order valence-electron chi connectivity index (χ0n) is 10.7. The minimum Gasteiger partial charge on any atom is -0.492 e. The standard InChI is InChI=1S/C13H17FN2O3/c1-9(17)11-3-2-10(8-12(11)14)19-7-6-16-5-4-15-13(16)18/h2-3,8-9,17H,4-7H2,1H3,(H,15,18)/t9-/m1/s1. The number of hydrogen-bond acceptors (Lipinski definition) is 3. The zero-order chi connectivity index (χ0) is 13.8. The van der Waals surface area contributed by atoms with Crippen molar-refractivity contribution in [1.82, 2.24) is 10.2 Å². The van der Waals surface area contributed by atoms with Crippen molar-refractivity contribution >= 4 is 6.03 Å². The number of nitrogens with zero attached hydrogens (tertiary/aromatic N) is 1. The molecule has 2 N–H and O–H groups in total. The molecule has 0 spiro atoms. The maximum atomic E-state index is 13.6. The topological polar surface area (TPSA) is 61.8 Å². The van der Waals surface area contributed by atoms with Crippen LogP contribution in [0, 0.1) is 5.82 Å². The number of aliphatic hydroxyl groups excluding tert-OH is 1. The Morgan fingerprint density at radius 1 is 1.58 bits per heavy atom. The van der Waals surface area contributed by atoms with Crippen molar-refractivity contribution in [2.45, 2.75) is 13.0 Å². The number of hydrogen-bond donors (Lipinski definition) is 2. The molecule has 1 fully saturated rings. The van der Waals surface area contributed by atoms with Gasteiger partial charge < -0.3 is 20.1 Å². The predicted molar refractivity (Wildman–Crippen MR) is 67.5 cm³/mol. The number of ether oxygens (including phenoxy) is 1. The van der Waals surface area contributed by atoms with Crippen LogP contribution in [0.2, 0.25) is 0 Å². The lowest BCUT2D eigenvalue weighted by atomic mass is 10.1. The molecular formula is C13H17FN2O3. The van der Waals surface area contributed by atoms with E-state index in [0.29, 0.717) is 32.0 Å². The molecule has 2 rings (SSSR count). The van der Waals surface area contributed by atoms with Gasteiger partial charge in [0.05, 0.1) is 12.6 Å². The van der Waals surface area contributed by atoms with Crippen molar-refractivity contribution < 1.29 is 19.0 Å². The molecule has 5 nitrogen and oxygen atoms in total. The number of amides is 2. The highest BCUT2D eigenvalue weighted by Crippen LogP contribution is 2.21. The molecule has 0 saturated carbocycles. The smallest absolute Gasteiger partial charge is 0.317 e. The van der Waals surface area contributed by atoms with Crippen molar-refractivity contribution in [3.05, 3.63) is 29.6 Å². The van der Waals surface area contributed by atoms with Crippen LogP contribution < -0.4 is 10.1 Å². The van der Waals surface area contributed by atoms with Crippen LogP contribution in [0.4, 0.5) is 9.18 Å². The van der Waals surface area contributed by atoms with Gasteiger partial charge in [-0.1, -0.05) is 0 Å². The third-order valence-electron chi connectivity index (χ3n) is 3.00. The first-order valence-corrected chi connectivity index (χ1v) is 6.21. The van der Waals surface area contributed by atoms with Gasteiger partial charge in [0.1, 0.15) is 18.2 Å². The van der Waals surface area contributed by atoms with Gasteiger partial charge in [0, 0.05) is 24.7 Å². The lowest BCUT2D eigenvalue weighted by molar-refractivity contribution is 0.193. The first-order chi connectivity index (χ1) is 9.08. The van der Waals surface area contributed by atoms with Gasteiger partial charge in [-0.15, -0.1) is 0 Å². The van der Waals surface area contributed by atoms with E-state index in [4.69, 9.17) is 4.74 Å². The van der Waals surface area contributed by atoms with E-state index in [9.17, 15) is 14.3 Å². The summed E-state index contributed by atoms with van der Waals surface area (Å²) in [5, 5.41) is 12.0. The van der Waals surface area contributed by atoms with Gasteiger partial charge >= 0.3 is 6.03 Å². The minimum absolute atomic E-state index is 0.0979. The summed E-state index contributed by atoms with van der Waals surface area (Å²) in [6.45, 7) is 3.59. The quantitative estimate of drug-likeness (QED) is 0.845. The van der Waals surface area contributed by atoms with Gasteiger partial charge in [0.25, 0.3) is 0 Å². The Bertz CT molecular complexity index is 465. The summed E-state index contributed by atoms with van der Waals surface area (Å²) < 4.78 is 19.0. The molecule has 1 aromatic rings. The summed E-state index contributed by atoms with van der Waals surface area (Å²) in [4.78, 5) is 12.9. The highest BCUT2D eigenvalue weighted by molar-refractivity contribution is 5.76. The van der Waals surface area contributed by atoms with Gasteiger partial charge in [-0.2, -0.15) is 0 Å². The molecule has 1 aromatic carbocycles. The molecule has 19 heavy (non-hydrogen) atoms. The number of aliphatic hydroxyl groups is 1. The summed E-state index contributed by atoms with van der Waals surface area (Å²) in [6, 6.07) is 4.25. The van der Waals surface area contributed by atoms with Crippen molar-refractivity contribution in [2.24, 2.45) is 0 Å².